The van der Waals surface area contributed by atoms with Gasteiger partial charge >= 0.3 is 0 Å². The SMILES string of the molecule is CNN.CNOCCO. The average Bonchev–Trinajstić information content (AvgIpc) is 1.86. The predicted octanol–water partition coefficient (Wildman–Crippen LogP) is -1.79. The Balaban J connectivity index is 0. The first-order valence-corrected chi connectivity index (χ1v) is 2.60. The largest absolute Gasteiger partial charge is 0.394 e. The molecular formula is C4H15N3O2. The van der Waals surface area contributed by atoms with Gasteiger partial charge in [0, 0.05) is 7.05 Å². The topological polar surface area (TPSA) is 79.5 Å². The van der Waals surface area contributed by atoms with Gasteiger partial charge in [-0.3, -0.25) is 16.1 Å². The van der Waals surface area contributed by atoms with E-state index in [0.717, 1.165) is 0 Å². The van der Waals surface area contributed by atoms with E-state index in [0.29, 0.717) is 6.61 Å². The summed E-state index contributed by atoms with van der Waals surface area (Å²) >= 11 is 0. The van der Waals surface area contributed by atoms with E-state index in [1.807, 2.05) is 0 Å². The molecule has 0 amide bonds. The summed E-state index contributed by atoms with van der Waals surface area (Å²) in [5.41, 5.74) is 4.66. The van der Waals surface area contributed by atoms with Gasteiger partial charge in [0.25, 0.3) is 0 Å². The number of hydroxylamine groups is 1. The van der Waals surface area contributed by atoms with Crippen LogP contribution in [-0.4, -0.2) is 32.4 Å². The highest BCUT2D eigenvalue weighted by molar-refractivity contribution is 4.13. The van der Waals surface area contributed by atoms with Gasteiger partial charge in [-0.25, -0.2) is 5.48 Å². The first-order valence-electron chi connectivity index (χ1n) is 2.60. The number of hydrazine groups is 1. The Labute approximate surface area is 55.1 Å². The highest BCUT2D eigenvalue weighted by atomic mass is 16.6. The van der Waals surface area contributed by atoms with Crippen LogP contribution in [0.1, 0.15) is 0 Å². The Bertz CT molecular complexity index is 33.0. The number of hydrogen-bond acceptors (Lipinski definition) is 5. The van der Waals surface area contributed by atoms with E-state index >= 15 is 0 Å². The van der Waals surface area contributed by atoms with Crippen molar-refractivity contribution in [2.24, 2.45) is 5.84 Å². The maximum Gasteiger partial charge on any atom is 0.0913 e. The van der Waals surface area contributed by atoms with E-state index in [-0.39, 0.29) is 6.61 Å². The predicted molar refractivity (Wildman–Crippen MR) is 35.3 cm³/mol. The third kappa shape index (κ3) is 33.5. The van der Waals surface area contributed by atoms with Gasteiger partial charge in [-0.1, -0.05) is 0 Å². The molecule has 0 rings (SSSR count). The molecule has 5 heteroatoms. The first kappa shape index (κ1) is 11.6. The molecule has 0 aromatic rings. The van der Waals surface area contributed by atoms with Gasteiger partial charge in [-0.2, -0.15) is 0 Å². The zero-order chi connectivity index (χ0) is 7.54. The van der Waals surface area contributed by atoms with Gasteiger partial charge in [0.1, 0.15) is 0 Å². The number of hydrogen-bond donors (Lipinski definition) is 4. The Morgan fingerprint density at radius 2 is 2.00 bits per heavy atom. The summed E-state index contributed by atoms with van der Waals surface area (Å²) in [5.74, 6) is 4.60. The number of rotatable bonds is 3. The molecule has 0 bridgehead atoms. The minimum Gasteiger partial charge on any atom is -0.394 e. The van der Waals surface area contributed by atoms with Gasteiger partial charge in [-0.15, -0.1) is 0 Å². The monoisotopic (exact) mass is 137 g/mol. The van der Waals surface area contributed by atoms with Crippen LogP contribution >= 0.6 is 0 Å². The van der Waals surface area contributed by atoms with Gasteiger partial charge < -0.3 is 5.11 Å². The van der Waals surface area contributed by atoms with Crippen LogP contribution in [0.15, 0.2) is 0 Å². The molecule has 0 unspecified atom stereocenters. The quantitative estimate of drug-likeness (QED) is 0.210. The van der Waals surface area contributed by atoms with Crippen LogP contribution in [0.3, 0.4) is 0 Å². The zero-order valence-corrected chi connectivity index (χ0v) is 5.85. The molecule has 58 valence electrons. The number of nitrogens with two attached hydrogens (primary N) is 1. The normalized spacial score (nSPS) is 8.00. The molecule has 0 saturated heterocycles. The fraction of sp³-hybridized carbons (Fsp3) is 1.00. The molecule has 0 heterocycles. The number of aliphatic hydroxyl groups is 1. The van der Waals surface area contributed by atoms with E-state index < -0.39 is 0 Å². The smallest absolute Gasteiger partial charge is 0.0913 e. The summed E-state index contributed by atoms with van der Waals surface area (Å²) in [6.07, 6.45) is 0. The molecule has 0 radical (unpaired) electrons. The highest BCUT2D eigenvalue weighted by Gasteiger charge is 1.72. The van der Waals surface area contributed by atoms with E-state index in [1.165, 1.54) is 0 Å². The molecule has 9 heavy (non-hydrogen) atoms. The summed E-state index contributed by atoms with van der Waals surface area (Å²) in [6.45, 7) is 0.428. The highest BCUT2D eigenvalue weighted by Crippen LogP contribution is 1.57. The minimum absolute atomic E-state index is 0.0703. The van der Waals surface area contributed by atoms with Crippen molar-refractivity contribution in [1.29, 1.82) is 0 Å². The van der Waals surface area contributed by atoms with Crippen molar-refractivity contribution >= 4 is 0 Å². The third-order valence-corrected chi connectivity index (χ3v) is 0.338. The molecule has 0 saturated carbocycles. The molecular weight excluding hydrogens is 122 g/mol. The zero-order valence-electron chi connectivity index (χ0n) is 5.85. The number of aliphatic hydroxyl groups excluding tert-OH is 1. The molecule has 0 aromatic heterocycles. The van der Waals surface area contributed by atoms with Crippen molar-refractivity contribution in [2.75, 3.05) is 27.3 Å². The summed E-state index contributed by atoms with van der Waals surface area (Å²) in [4.78, 5) is 4.48. The Morgan fingerprint density at radius 1 is 1.56 bits per heavy atom. The van der Waals surface area contributed by atoms with E-state index in [9.17, 15) is 0 Å². The first-order chi connectivity index (χ1) is 4.33. The van der Waals surface area contributed by atoms with Crippen molar-refractivity contribution in [3.63, 3.8) is 0 Å². The van der Waals surface area contributed by atoms with E-state index in [4.69, 9.17) is 5.11 Å². The molecule has 0 fully saturated rings. The van der Waals surface area contributed by atoms with Crippen LogP contribution in [0.4, 0.5) is 0 Å². The maximum absolute atomic E-state index is 8.03. The summed E-state index contributed by atoms with van der Waals surface area (Å²) < 4.78 is 0. The van der Waals surface area contributed by atoms with Crippen molar-refractivity contribution in [3.05, 3.63) is 0 Å². The maximum atomic E-state index is 8.03. The second kappa shape index (κ2) is 15.7. The van der Waals surface area contributed by atoms with Crippen LogP contribution in [-0.2, 0) is 4.84 Å². The lowest BCUT2D eigenvalue weighted by atomic mass is 10.8. The lowest BCUT2D eigenvalue weighted by Crippen LogP contribution is -2.13. The van der Waals surface area contributed by atoms with Crippen molar-refractivity contribution in [1.82, 2.24) is 10.9 Å². The van der Waals surface area contributed by atoms with Crippen LogP contribution in [0.5, 0.6) is 0 Å². The summed E-state index contributed by atoms with van der Waals surface area (Å²) in [6, 6.07) is 0. The molecule has 0 aliphatic rings. The van der Waals surface area contributed by atoms with E-state index in [1.54, 1.807) is 14.1 Å². The molecule has 5 N–H and O–H groups in total. The molecule has 0 spiro atoms. The van der Waals surface area contributed by atoms with Crippen LogP contribution in [0.25, 0.3) is 0 Å². The van der Waals surface area contributed by atoms with Gasteiger partial charge in [0.05, 0.1) is 13.2 Å². The van der Waals surface area contributed by atoms with Crippen molar-refractivity contribution in [2.45, 2.75) is 0 Å². The lowest BCUT2D eigenvalue weighted by molar-refractivity contribution is 0.0314. The lowest BCUT2D eigenvalue weighted by Gasteiger charge is -1.92. The minimum atomic E-state index is 0.0703. The van der Waals surface area contributed by atoms with Crippen LogP contribution in [0.2, 0.25) is 0 Å². The second-order valence-electron chi connectivity index (χ2n) is 1.06. The van der Waals surface area contributed by atoms with Crippen molar-refractivity contribution in [3.8, 4) is 0 Å². The average molecular weight is 137 g/mol. The molecule has 0 aliphatic carbocycles. The Kier molecular flexibility index (Phi) is 20.1. The Morgan fingerprint density at radius 3 is 2.11 bits per heavy atom. The second-order valence-corrected chi connectivity index (χ2v) is 1.06. The standard InChI is InChI=1S/C3H9NO2.CH6N2/c1-4-6-3-2-5;1-3-2/h4-5H,2-3H2,1H3;3H,2H2,1H3. The fourth-order valence-electron chi connectivity index (χ4n) is 0.148. The summed E-state index contributed by atoms with van der Waals surface area (Å²) in [5, 5.41) is 8.03. The van der Waals surface area contributed by atoms with Gasteiger partial charge in [-0.05, 0) is 7.05 Å². The van der Waals surface area contributed by atoms with Crippen molar-refractivity contribution < 1.29 is 9.94 Å². The molecule has 0 aliphatic heterocycles. The van der Waals surface area contributed by atoms with E-state index in [2.05, 4.69) is 21.6 Å². The fourth-order valence-corrected chi connectivity index (χ4v) is 0.148. The third-order valence-electron chi connectivity index (χ3n) is 0.338. The summed E-state index contributed by atoms with van der Waals surface area (Å²) in [7, 11) is 3.30. The van der Waals surface area contributed by atoms with Crippen LogP contribution < -0.4 is 16.7 Å². The molecule has 5 nitrogen and oxygen atoms in total. The molecule has 0 atom stereocenters. The molecule has 0 aromatic carbocycles. The van der Waals surface area contributed by atoms with Crippen LogP contribution in [0, 0.1) is 0 Å². The van der Waals surface area contributed by atoms with Gasteiger partial charge in [0.2, 0.25) is 0 Å². The Hall–Kier alpha value is -0.200. The van der Waals surface area contributed by atoms with Gasteiger partial charge in [0.15, 0.2) is 0 Å². The number of nitrogens with one attached hydrogen (secondary N) is 2.